The number of carbonyl (C=O) groups is 1. The van der Waals surface area contributed by atoms with Crippen molar-refractivity contribution in [3.63, 3.8) is 0 Å². The third-order valence-corrected chi connectivity index (χ3v) is 6.61. The Hall–Kier alpha value is -3.10. The number of carbonyl (C=O) groups excluding carboxylic acids is 1. The van der Waals surface area contributed by atoms with Crippen LogP contribution in [0.4, 0.5) is 11.7 Å². The van der Waals surface area contributed by atoms with E-state index in [1.807, 2.05) is 12.3 Å². The van der Waals surface area contributed by atoms with Gasteiger partial charge in [-0.05, 0) is 36.2 Å². The summed E-state index contributed by atoms with van der Waals surface area (Å²) in [5, 5.41) is 19.3. The topological polar surface area (TPSA) is 123 Å². The number of nitrogens with zero attached hydrogens (tertiary/aromatic N) is 4. The number of amides is 1. The van der Waals surface area contributed by atoms with Crippen molar-refractivity contribution >= 4 is 23.1 Å². The molecule has 1 aliphatic rings. The van der Waals surface area contributed by atoms with Gasteiger partial charge in [0, 0.05) is 18.8 Å². The van der Waals surface area contributed by atoms with E-state index in [4.69, 9.17) is 10.2 Å². The molecule has 0 radical (unpaired) electrons. The minimum Gasteiger partial charge on any atom is -0.403 e. The fourth-order valence-electron chi connectivity index (χ4n) is 4.15. The standard InChI is InChI=1S/C22H31N7O2/c1-12(2)9-24-21-28-27-20(31-21)14-8-16-18(15(19(23)30)10-25-29(16)11-14)26-17-7-6-13(3)22(17,4)5/h8,10-13,17,26H,6-7,9H2,1-5H3,(H2,23,30)(H,24,28)/t13-,17-/m1/s1. The summed E-state index contributed by atoms with van der Waals surface area (Å²) in [5.74, 6) is 0.914. The van der Waals surface area contributed by atoms with Crippen molar-refractivity contribution in [2.24, 2.45) is 23.0 Å². The summed E-state index contributed by atoms with van der Waals surface area (Å²) >= 11 is 0. The van der Waals surface area contributed by atoms with Crippen molar-refractivity contribution < 1.29 is 9.21 Å². The zero-order valence-corrected chi connectivity index (χ0v) is 18.8. The summed E-state index contributed by atoms with van der Waals surface area (Å²) in [7, 11) is 0. The second-order valence-electron chi connectivity index (χ2n) is 9.54. The molecule has 0 unspecified atom stereocenters. The Kier molecular flexibility index (Phi) is 5.36. The van der Waals surface area contributed by atoms with Gasteiger partial charge in [-0.15, -0.1) is 5.10 Å². The predicted molar refractivity (Wildman–Crippen MR) is 120 cm³/mol. The van der Waals surface area contributed by atoms with Gasteiger partial charge in [-0.2, -0.15) is 5.10 Å². The van der Waals surface area contributed by atoms with Crippen LogP contribution in [-0.4, -0.2) is 38.3 Å². The van der Waals surface area contributed by atoms with Crippen molar-refractivity contribution in [3.8, 4) is 11.5 Å². The lowest BCUT2D eigenvalue weighted by atomic mass is 9.80. The number of hydrogen-bond donors (Lipinski definition) is 3. The second-order valence-corrected chi connectivity index (χ2v) is 9.54. The number of fused-ring (bicyclic) bond motifs is 1. The molecular weight excluding hydrogens is 394 g/mol. The molecule has 1 saturated carbocycles. The molecule has 9 nitrogen and oxygen atoms in total. The van der Waals surface area contributed by atoms with E-state index in [1.165, 1.54) is 6.20 Å². The molecule has 3 aromatic rings. The maximum atomic E-state index is 12.2. The van der Waals surface area contributed by atoms with Crippen LogP contribution in [0, 0.1) is 17.3 Å². The van der Waals surface area contributed by atoms with Crippen LogP contribution in [0.3, 0.4) is 0 Å². The SMILES string of the molecule is CC(C)CNc1nnc(-c2cc3c(N[C@@H]4CC[C@@H](C)C4(C)C)c(C(N)=O)cnn3c2)o1. The second kappa shape index (κ2) is 7.86. The average Bonchev–Trinajstić information content (AvgIpc) is 3.40. The number of primary amides is 1. The van der Waals surface area contributed by atoms with E-state index in [0.29, 0.717) is 35.0 Å². The van der Waals surface area contributed by atoms with E-state index in [1.54, 1.807) is 4.52 Å². The molecule has 4 N–H and O–H groups in total. The summed E-state index contributed by atoms with van der Waals surface area (Å²) in [6.45, 7) is 11.7. The molecule has 2 atom stereocenters. The van der Waals surface area contributed by atoms with Crippen LogP contribution in [0.5, 0.6) is 0 Å². The van der Waals surface area contributed by atoms with E-state index >= 15 is 0 Å². The van der Waals surface area contributed by atoms with Crippen LogP contribution in [0.2, 0.25) is 0 Å². The molecule has 31 heavy (non-hydrogen) atoms. The monoisotopic (exact) mass is 425 g/mol. The molecular formula is C22H31N7O2. The van der Waals surface area contributed by atoms with Gasteiger partial charge in [-0.25, -0.2) is 4.52 Å². The van der Waals surface area contributed by atoms with Gasteiger partial charge in [0.2, 0.25) is 0 Å². The molecule has 166 valence electrons. The van der Waals surface area contributed by atoms with Gasteiger partial charge in [0.25, 0.3) is 11.8 Å². The highest BCUT2D eigenvalue weighted by Gasteiger charge is 2.41. The zero-order chi connectivity index (χ0) is 22.3. The molecule has 0 spiro atoms. The molecule has 0 aliphatic heterocycles. The normalized spacial score (nSPS) is 20.5. The van der Waals surface area contributed by atoms with Crippen LogP contribution in [0.25, 0.3) is 17.0 Å². The lowest BCUT2D eigenvalue weighted by Gasteiger charge is -2.33. The quantitative estimate of drug-likeness (QED) is 0.526. The summed E-state index contributed by atoms with van der Waals surface area (Å²) < 4.78 is 7.47. The first kappa shape index (κ1) is 21.1. The van der Waals surface area contributed by atoms with Crippen molar-refractivity contribution in [1.29, 1.82) is 0 Å². The predicted octanol–water partition coefficient (Wildman–Crippen LogP) is 3.79. The molecule has 9 heteroatoms. The molecule has 0 saturated heterocycles. The summed E-state index contributed by atoms with van der Waals surface area (Å²) in [6.07, 6.45) is 5.49. The highest BCUT2D eigenvalue weighted by atomic mass is 16.4. The highest BCUT2D eigenvalue weighted by molar-refractivity contribution is 6.02. The number of hydrogen-bond acceptors (Lipinski definition) is 7. The Bertz CT molecular complexity index is 1100. The molecule has 3 heterocycles. The molecule has 1 amide bonds. The van der Waals surface area contributed by atoms with E-state index in [2.05, 4.69) is 60.5 Å². The minimum absolute atomic E-state index is 0.0913. The summed E-state index contributed by atoms with van der Waals surface area (Å²) in [4.78, 5) is 12.2. The molecule has 0 aromatic carbocycles. The van der Waals surface area contributed by atoms with Gasteiger partial charge in [0.05, 0.1) is 28.5 Å². The Morgan fingerprint density at radius 1 is 1.35 bits per heavy atom. The number of aromatic nitrogens is 4. The first-order valence-electron chi connectivity index (χ1n) is 10.8. The molecule has 4 rings (SSSR count). The van der Waals surface area contributed by atoms with Gasteiger partial charge < -0.3 is 20.8 Å². The summed E-state index contributed by atoms with van der Waals surface area (Å²) in [5.41, 5.74) is 8.30. The van der Waals surface area contributed by atoms with Crippen molar-refractivity contribution in [2.45, 2.75) is 53.5 Å². The Balaban J connectivity index is 1.71. The highest BCUT2D eigenvalue weighted by Crippen LogP contribution is 2.44. The Morgan fingerprint density at radius 3 is 2.77 bits per heavy atom. The van der Waals surface area contributed by atoms with E-state index in [0.717, 1.165) is 30.5 Å². The lowest BCUT2D eigenvalue weighted by Crippen LogP contribution is -2.35. The van der Waals surface area contributed by atoms with Crippen LogP contribution < -0.4 is 16.4 Å². The van der Waals surface area contributed by atoms with Crippen LogP contribution in [0.15, 0.2) is 22.9 Å². The third-order valence-electron chi connectivity index (χ3n) is 6.61. The molecule has 3 aromatic heterocycles. The third kappa shape index (κ3) is 3.96. The van der Waals surface area contributed by atoms with Crippen LogP contribution in [0.1, 0.15) is 57.8 Å². The molecule has 1 aliphatic carbocycles. The minimum atomic E-state index is -0.512. The number of nitrogens with one attached hydrogen (secondary N) is 2. The van der Waals surface area contributed by atoms with Gasteiger partial charge in [-0.3, -0.25) is 4.79 Å². The Labute approximate surface area is 181 Å². The number of rotatable bonds is 7. The molecule has 1 fully saturated rings. The van der Waals surface area contributed by atoms with Gasteiger partial charge in [-0.1, -0.05) is 39.7 Å². The Morgan fingerprint density at radius 2 is 2.13 bits per heavy atom. The number of nitrogens with two attached hydrogens (primary N) is 1. The summed E-state index contributed by atoms with van der Waals surface area (Å²) in [6, 6.07) is 2.50. The van der Waals surface area contributed by atoms with Gasteiger partial charge in [0.15, 0.2) is 0 Å². The molecule has 0 bridgehead atoms. The number of anilines is 2. The average molecular weight is 426 g/mol. The van der Waals surface area contributed by atoms with Gasteiger partial charge >= 0.3 is 6.01 Å². The van der Waals surface area contributed by atoms with Crippen molar-refractivity contribution in [1.82, 2.24) is 19.8 Å². The van der Waals surface area contributed by atoms with Crippen LogP contribution >= 0.6 is 0 Å². The fraction of sp³-hybridized carbons (Fsp3) is 0.545. The van der Waals surface area contributed by atoms with Gasteiger partial charge in [0.1, 0.15) is 0 Å². The van der Waals surface area contributed by atoms with E-state index < -0.39 is 5.91 Å². The maximum absolute atomic E-state index is 12.2. The maximum Gasteiger partial charge on any atom is 0.315 e. The first-order chi connectivity index (χ1) is 14.7. The van der Waals surface area contributed by atoms with Crippen LogP contribution in [-0.2, 0) is 0 Å². The largest absolute Gasteiger partial charge is 0.403 e. The first-order valence-corrected chi connectivity index (χ1v) is 10.8. The van der Waals surface area contributed by atoms with E-state index in [9.17, 15) is 4.79 Å². The van der Waals surface area contributed by atoms with E-state index in [-0.39, 0.29) is 11.5 Å². The zero-order valence-electron chi connectivity index (χ0n) is 18.8. The smallest absolute Gasteiger partial charge is 0.315 e. The fourth-order valence-corrected chi connectivity index (χ4v) is 4.15. The lowest BCUT2D eigenvalue weighted by molar-refractivity contribution is 0.100. The van der Waals surface area contributed by atoms with Crippen molar-refractivity contribution in [3.05, 3.63) is 24.0 Å². The van der Waals surface area contributed by atoms with Crippen molar-refractivity contribution in [2.75, 3.05) is 17.2 Å².